The highest BCUT2D eigenvalue weighted by molar-refractivity contribution is 7.91. The summed E-state index contributed by atoms with van der Waals surface area (Å²) in [5.41, 5.74) is 2.13. The maximum Gasteiger partial charge on any atom is 0.287 e. The molecule has 0 spiro atoms. The number of furan rings is 1. The van der Waals surface area contributed by atoms with Gasteiger partial charge in [0.2, 0.25) is 14.9 Å². The topological polar surface area (TPSA) is 82.9 Å². The molecule has 0 aliphatic rings. The van der Waals surface area contributed by atoms with Crippen LogP contribution in [-0.2, 0) is 9.84 Å². The third kappa shape index (κ3) is 5.32. The molecule has 1 heterocycles. The molecule has 2 aromatic carbocycles. The van der Waals surface area contributed by atoms with E-state index in [0.29, 0.717) is 11.6 Å². The fraction of sp³-hybridized carbons (Fsp3) is 0.261. The van der Waals surface area contributed by atoms with E-state index in [0.717, 1.165) is 11.3 Å². The van der Waals surface area contributed by atoms with Gasteiger partial charge in [0.1, 0.15) is 0 Å². The fourth-order valence-corrected chi connectivity index (χ4v) is 4.49. The molecule has 9 heteroatoms. The number of hydrogen-bond donors (Lipinski definition) is 1. The van der Waals surface area contributed by atoms with Gasteiger partial charge in [-0.05, 0) is 68.2 Å². The van der Waals surface area contributed by atoms with Crippen molar-refractivity contribution in [1.29, 1.82) is 0 Å². The first kappa shape index (κ1) is 23.8. The second kappa shape index (κ2) is 9.77. The Kier molecular flexibility index (Phi) is 7.28. The van der Waals surface area contributed by atoms with Gasteiger partial charge in [0.25, 0.3) is 5.91 Å². The summed E-state index contributed by atoms with van der Waals surface area (Å²) in [4.78, 5) is 16.7. The van der Waals surface area contributed by atoms with Crippen LogP contribution >= 0.6 is 11.6 Å². The normalized spacial score (nSPS) is 12.6. The highest BCUT2D eigenvalue weighted by Crippen LogP contribution is 2.25. The van der Waals surface area contributed by atoms with E-state index >= 15 is 0 Å². The predicted molar refractivity (Wildman–Crippen MR) is 125 cm³/mol. The molecule has 0 fully saturated rings. The van der Waals surface area contributed by atoms with E-state index in [1.807, 2.05) is 62.3 Å². The minimum atomic E-state index is -3.88. The number of nitrogens with zero attached hydrogens (tertiary/aromatic N) is 2. The van der Waals surface area contributed by atoms with Crippen LogP contribution in [0, 0.1) is 0 Å². The largest absolute Gasteiger partial charge is 0.439 e. The van der Waals surface area contributed by atoms with Crippen molar-refractivity contribution in [3.05, 3.63) is 77.0 Å². The summed E-state index contributed by atoms with van der Waals surface area (Å²) < 4.78 is 30.8. The highest BCUT2D eigenvalue weighted by Gasteiger charge is 2.24. The number of nitrogens with one attached hydrogen (secondary N) is 1. The molecule has 0 bridgehead atoms. The van der Waals surface area contributed by atoms with Gasteiger partial charge >= 0.3 is 0 Å². The number of amides is 1. The highest BCUT2D eigenvalue weighted by atomic mass is 35.5. The van der Waals surface area contributed by atoms with Crippen molar-refractivity contribution in [2.45, 2.75) is 16.0 Å². The summed E-state index contributed by atoms with van der Waals surface area (Å²) in [7, 11) is 3.93. The maximum atomic E-state index is 12.7. The summed E-state index contributed by atoms with van der Waals surface area (Å²) in [6, 6.07) is 16.4. The average Bonchev–Trinajstić information content (AvgIpc) is 3.25. The zero-order valence-corrected chi connectivity index (χ0v) is 19.9. The van der Waals surface area contributed by atoms with Crippen LogP contribution in [0.3, 0.4) is 0 Å². The molecule has 1 aromatic heterocycles. The molecule has 0 aliphatic carbocycles. The number of carbonyl (C=O) groups excluding carboxylic acids is 1. The molecule has 1 N–H and O–H groups in total. The van der Waals surface area contributed by atoms with Crippen LogP contribution in [0.25, 0.3) is 0 Å². The third-order valence-corrected chi connectivity index (χ3v) is 6.96. The summed E-state index contributed by atoms with van der Waals surface area (Å²) >= 11 is 5.82. The first-order valence-electron chi connectivity index (χ1n) is 9.92. The summed E-state index contributed by atoms with van der Waals surface area (Å²) in [5, 5.41) is 2.96. The monoisotopic (exact) mass is 475 g/mol. The summed E-state index contributed by atoms with van der Waals surface area (Å²) in [6.45, 7) is 0.326. The molecule has 1 amide bonds. The molecule has 0 saturated carbocycles. The average molecular weight is 476 g/mol. The van der Waals surface area contributed by atoms with Gasteiger partial charge in [0.15, 0.2) is 5.76 Å². The molecular weight excluding hydrogens is 450 g/mol. The van der Waals surface area contributed by atoms with E-state index in [2.05, 4.69) is 5.32 Å². The summed E-state index contributed by atoms with van der Waals surface area (Å²) in [5.74, 6) is -0.558. The molecule has 32 heavy (non-hydrogen) atoms. The molecule has 0 radical (unpaired) electrons. The first-order valence-corrected chi connectivity index (χ1v) is 11.8. The predicted octanol–water partition coefficient (Wildman–Crippen LogP) is 3.86. The number of halogens is 1. The van der Waals surface area contributed by atoms with E-state index in [1.165, 1.54) is 36.4 Å². The van der Waals surface area contributed by atoms with Crippen molar-refractivity contribution < 1.29 is 17.6 Å². The third-order valence-electron chi connectivity index (χ3n) is 5.07. The second-order valence-electron chi connectivity index (χ2n) is 7.75. The van der Waals surface area contributed by atoms with E-state index in [1.54, 1.807) is 0 Å². The van der Waals surface area contributed by atoms with Gasteiger partial charge in [0, 0.05) is 31.4 Å². The van der Waals surface area contributed by atoms with Crippen molar-refractivity contribution in [3.63, 3.8) is 0 Å². The Balaban J connectivity index is 1.71. The second-order valence-corrected chi connectivity index (χ2v) is 10.1. The van der Waals surface area contributed by atoms with Crippen molar-refractivity contribution in [2.24, 2.45) is 0 Å². The van der Waals surface area contributed by atoms with Crippen molar-refractivity contribution in [2.75, 3.05) is 39.6 Å². The smallest absolute Gasteiger partial charge is 0.287 e. The minimum Gasteiger partial charge on any atom is -0.439 e. The van der Waals surface area contributed by atoms with Crippen LogP contribution in [0.2, 0.25) is 5.02 Å². The lowest BCUT2D eigenvalue weighted by Crippen LogP contribution is -2.34. The molecule has 0 aliphatic heterocycles. The van der Waals surface area contributed by atoms with Crippen LogP contribution < -0.4 is 10.2 Å². The van der Waals surface area contributed by atoms with Crippen LogP contribution in [0.1, 0.15) is 22.2 Å². The van der Waals surface area contributed by atoms with Crippen molar-refractivity contribution in [3.8, 4) is 0 Å². The lowest BCUT2D eigenvalue weighted by Gasteiger charge is -2.25. The van der Waals surface area contributed by atoms with Gasteiger partial charge in [-0.1, -0.05) is 23.7 Å². The fourth-order valence-electron chi connectivity index (χ4n) is 3.19. The number of rotatable bonds is 8. The summed E-state index contributed by atoms with van der Waals surface area (Å²) in [6.07, 6.45) is 0. The molecule has 170 valence electrons. The molecule has 7 nitrogen and oxygen atoms in total. The Bertz CT molecular complexity index is 1170. The Labute approximate surface area is 193 Å². The van der Waals surface area contributed by atoms with Gasteiger partial charge in [-0.25, -0.2) is 8.42 Å². The van der Waals surface area contributed by atoms with E-state index in [-0.39, 0.29) is 21.8 Å². The Morgan fingerprint density at radius 2 is 1.59 bits per heavy atom. The lowest BCUT2D eigenvalue weighted by atomic mass is 10.1. The van der Waals surface area contributed by atoms with E-state index < -0.39 is 15.7 Å². The Morgan fingerprint density at radius 1 is 0.969 bits per heavy atom. The van der Waals surface area contributed by atoms with Crippen LogP contribution in [0.4, 0.5) is 5.69 Å². The Morgan fingerprint density at radius 3 is 2.16 bits per heavy atom. The van der Waals surface area contributed by atoms with Gasteiger partial charge < -0.3 is 19.5 Å². The maximum absolute atomic E-state index is 12.7. The standard InChI is InChI=1S/C23H26ClN3O4S/c1-26(2)18-9-5-16(6-10-18)20(27(3)4)15-25-23(28)21-13-14-22(31-21)32(29,30)19-11-7-17(24)8-12-19/h5-14,20H,15H2,1-4H3,(H,25,28). The number of anilines is 1. The Hall–Kier alpha value is -2.81. The van der Waals surface area contributed by atoms with Crippen LogP contribution in [0.15, 0.2) is 75.1 Å². The van der Waals surface area contributed by atoms with Gasteiger partial charge in [-0.15, -0.1) is 0 Å². The minimum absolute atomic E-state index is 0.0389. The number of hydrogen-bond acceptors (Lipinski definition) is 6. The van der Waals surface area contributed by atoms with Gasteiger partial charge in [-0.2, -0.15) is 0 Å². The van der Waals surface area contributed by atoms with Crippen molar-refractivity contribution >= 4 is 33.0 Å². The number of likely N-dealkylation sites (N-methyl/N-ethyl adjacent to an activating group) is 1. The molecule has 3 rings (SSSR count). The molecule has 1 unspecified atom stereocenters. The van der Waals surface area contributed by atoms with E-state index in [9.17, 15) is 13.2 Å². The zero-order valence-electron chi connectivity index (χ0n) is 18.4. The van der Waals surface area contributed by atoms with E-state index in [4.69, 9.17) is 16.0 Å². The molecule has 0 saturated heterocycles. The van der Waals surface area contributed by atoms with Crippen LogP contribution in [0.5, 0.6) is 0 Å². The SMILES string of the molecule is CN(C)c1ccc(C(CNC(=O)c2ccc(S(=O)(=O)c3ccc(Cl)cc3)o2)N(C)C)cc1. The molecule has 1 atom stereocenters. The number of sulfone groups is 1. The van der Waals surface area contributed by atoms with Gasteiger partial charge in [0.05, 0.1) is 10.9 Å². The lowest BCUT2D eigenvalue weighted by molar-refractivity contribution is 0.0909. The first-order chi connectivity index (χ1) is 15.1. The number of carbonyl (C=O) groups is 1. The number of benzene rings is 2. The zero-order chi connectivity index (χ0) is 23.5. The molecule has 3 aromatic rings. The quantitative estimate of drug-likeness (QED) is 0.532. The van der Waals surface area contributed by atoms with Gasteiger partial charge in [-0.3, -0.25) is 4.79 Å². The van der Waals surface area contributed by atoms with Crippen molar-refractivity contribution in [1.82, 2.24) is 10.2 Å². The van der Waals surface area contributed by atoms with Crippen LogP contribution in [-0.4, -0.2) is 54.0 Å². The molecular formula is C23H26ClN3O4S.